The molecule has 0 saturated carbocycles. The maximum atomic E-state index is 8.58. The number of aromatic nitrogens is 2. The molecule has 76 valence electrons. The monoisotopic (exact) mass is 192 g/mol. The first-order valence-electron chi connectivity index (χ1n) is 4.90. The molecule has 1 heterocycles. The first-order chi connectivity index (χ1) is 6.77. The van der Waals surface area contributed by atoms with E-state index >= 15 is 0 Å². The predicted molar refractivity (Wildman–Crippen MR) is 55.8 cm³/mol. The molecule has 1 aromatic rings. The summed E-state index contributed by atoms with van der Waals surface area (Å²) < 4.78 is 1.79. The molecule has 0 spiro atoms. The van der Waals surface area contributed by atoms with Crippen LogP contribution in [-0.2, 0) is 13.5 Å². The highest BCUT2D eigenvalue weighted by molar-refractivity contribution is 5.36. The molecule has 0 saturated heterocycles. The van der Waals surface area contributed by atoms with E-state index in [1.165, 1.54) is 0 Å². The van der Waals surface area contributed by atoms with E-state index in [0.717, 1.165) is 30.5 Å². The second-order valence-corrected chi connectivity index (χ2v) is 3.15. The van der Waals surface area contributed by atoms with Crippen LogP contribution in [0.15, 0.2) is 6.20 Å². The van der Waals surface area contributed by atoms with E-state index in [1.54, 1.807) is 4.68 Å². The van der Waals surface area contributed by atoms with Crippen LogP contribution in [0.3, 0.4) is 0 Å². The lowest BCUT2D eigenvalue weighted by Gasteiger charge is -1.88. The summed E-state index contributed by atoms with van der Waals surface area (Å²) in [5.74, 6) is 6.10. The molecule has 1 rings (SSSR count). The summed E-state index contributed by atoms with van der Waals surface area (Å²) in [6, 6.07) is 0. The number of hydrogen-bond donors (Lipinski definition) is 1. The first-order valence-corrected chi connectivity index (χ1v) is 4.90. The fraction of sp³-hybridized carbons (Fsp3) is 0.545. The summed E-state index contributed by atoms with van der Waals surface area (Å²) in [6.07, 6.45) is 4.33. The van der Waals surface area contributed by atoms with Crippen molar-refractivity contribution in [1.82, 2.24) is 9.78 Å². The van der Waals surface area contributed by atoms with Gasteiger partial charge in [-0.15, -0.1) is 0 Å². The van der Waals surface area contributed by atoms with E-state index in [1.807, 2.05) is 13.2 Å². The Bertz CT molecular complexity index is 344. The molecule has 0 radical (unpaired) electrons. The van der Waals surface area contributed by atoms with Gasteiger partial charge in [-0.3, -0.25) is 4.68 Å². The summed E-state index contributed by atoms with van der Waals surface area (Å²) in [7, 11) is 1.90. The predicted octanol–water partition coefficient (Wildman–Crippen LogP) is 1.11. The van der Waals surface area contributed by atoms with Gasteiger partial charge in [-0.1, -0.05) is 18.8 Å². The van der Waals surface area contributed by atoms with Crippen molar-refractivity contribution in [1.29, 1.82) is 0 Å². The van der Waals surface area contributed by atoms with E-state index in [0.29, 0.717) is 0 Å². The highest BCUT2D eigenvalue weighted by Gasteiger charge is 2.01. The van der Waals surface area contributed by atoms with Crippen molar-refractivity contribution in [2.24, 2.45) is 7.05 Å². The number of hydrogen-bond acceptors (Lipinski definition) is 2. The first kappa shape index (κ1) is 10.8. The molecule has 3 heteroatoms. The molecule has 0 unspecified atom stereocenters. The fourth-order valence-corrected chi connectivity index (χ4v) is 1.23. The highest BCUT2D eigenvalue weighted by atomic mass is 16.2. The molecular formula is C11H16N2O. The number of aliphatic hydroxyl groups is 1. The van der Waals surface area contributed by atoms with Crippen LogP contribution in [0.2, 0.25) is 0 Å². The molecule has 0 atom stereocenters. The van der Waals surface area contributed by atoms with Crippen LogP contribution in [0.5, 0.6) is 0 Å². The molecule has 14 heavy (non-hydrogen) atoms. The average Bonchev–Trinajstić information content (AvgIpc) is 2.54. The number of rotatable bonds is 3. The largest absolute Gasteiger partial charge is 0.396 e. The van der Waals surface area contributed by atoms with Crippen molar-refractivity contribution >= 4 is 0 Å². The Hall–Kier alpha value is -1.27. The van der Waals surface area contributed by atoms with Crippen molar-refractivity contribution in [2.45, 2.75) is 26.2 Å². The van der Waals surface area contributed by atoms with E-state index in [9.17, 15) is 0 Å². The zero-order chi connectivity index (χ0) is 10.4. The zero-order valence-electron chi connectivity index (χ0n) is 8.75. The Morgan fingerprint density at radius 1 is 1.57 bits per heavy atom. The van der Waals surface area contributed by atoms with Crippen molar-refractivity contribution in [2.75, 3.05) is 6.61 Å². The lowest BCUT2D eigenvalue weighted by molar-refractivity contribution is 0.290. The van der Waals surface area contributed by atoms with E-state index in [2.05, 4.69) is 23.9 Å². The second kappa shape index (κ2) is 5.46. The Balaban J connectivity index is 2.67. The Morgan fingerprint density at radius 2 is 2.36 bits per heavy atom. The molecule has 0 fully saturated rings. The summed E-state index contributed by atoms with van der Waals surface area (Å²) >= 11 is 0. The standard InChI is InChI=1S/C11H16N2O/c1-3-11-10(9-13(2)12-11)7-5-4-6-8-14/h9,14H,3-4,6,8H2,1-2H3. The highest BCUT2D eigenvalue weighted by Crippen LogP contribution is 2.04. The van der Waals surface area contributed by atoms with E-state index < -0.39 is 0 Å². The molecule has 1 N–H and O–H groups in total. The molecule has 0 aliphatic heterocycles. The SMILES string of the molecule is CCc1nn(C)cc1C#CCCCO. The van der Waals surface area contributed by atoms with Crippen molar-refractivity contribution in [3.63, 3.8) is 0 Å². The maximum Gasteiger partial charge on any atom is 0.0778 e. The quantitative estimate of drug-likeness (QED) is 0.575. The van der Waals surface area contributed by atoms with Gasteiger partial charge < -0.3 is 5.11 Å². The van der Waals surface area contributed by atoms with Crippen LogP contribution in [0.4, 0.5) is 0 Å². The van der Waals surface area contributed by atoms with Crippen molar-refractivity contribution in [3.05, 3.63) is 17.5 Å². The fourth-order valence-electron chi connectivity index (χ4n) is 1.23. The molecular weight excluding hydrogens is 176 g/mol. The molecule has 0 bridgehead atoms. The molecule has 3 nitrogen and oxygen atoms in total. The lowest BCUT2D eigenvalue weighted by Crippen LogP contribution is -1.89. The molecule has 0 aromatic carbocycles. The van der Waals surface area contributed by atoms with Gasteiger partial charge in [-0.05, 0) is 12.8 Å². The summed E-state index contributed by atoms with van der Waals surface area (Å²) in [6.45, 7) is 2.28. The van der Waals surface area contributed by atoms with E-state index in [4.69, 9.17) is 5.11 Å². The van der Waals surface area contributed by atoms with Gasteiger partial charge >= 0.3 is 0 Å². The van der Waals surface area contributed by atoms with Crippen molar-refractivity contribution < 1.29 is 5.11 Å². The molecule has 0 aliphatic rings. The van der Waals surface area contributed by atoms with Crippen molar-refractivity contribution in [3.8, 4) is 11.8 Å². The zero-order valence-corrected chi connectivity index (χ0v) is 8.75. The number of unbranched alkanes of at least 4 members (excludes halogenated alkanes) is 1. The van der Waals surface area contributed by atoms with Crippen LogP contribution in [-0.4, -0.2) is 21.5 Å². The minimum Gasteiger partial charge on any atom is -0.396 e. The molecule has 0 amide bonds. The lowest BCUT2D eigenvalue weighted by atomic mass is 10.2. The number of nitrogens with zero attached hydrogens (tertiary/aromatic N) is 2. The van der Waals surface area contributed by atoms with Gasteiger partial charge in [-0.2, -0.15) is 5.10 Å². The topological polar surface area (TPSA) is 38.0 Å². The average molecular weight is 192 g/mol. The van der Waals surface area contributed by atoms with Gasteiger partial charge in [0.2, 0.25) is 0 Å². The van der Waals surface area contributed by atoms with Gasteiger partial charge in [0.05, 0.1) is 11.3 Å². The van der Waals surface area contributed by atoms with Gasteiger partial charge in [0.25, 0.3) is 0 Å². The smallest absolute Gasteiger partial charge is 0.0778 e. The minimum absolute atomic E-state index is 0.211. The summed E-state index contributed by atoms with van der Waals surface area (Å²) in [4.78, 5) is 0. The third-order valence-electron chi connectivity index (χ3n) is 1.92. The maximum absolute atomic E-state index is 8.58. The van der Waals surface area contributed by atoms with Crippen LogP contribution < -0.4 is 0 Å². The Kier molecular flexibility index (Phi) is 4.21. The van der Waals surface area contributed by atoms with Gasteiger partial charge in [0.1, 0.15) is 0 Å². The summed E-state index contributed by atoms with van der Waals surface area (Å²) in [5.41, 5.74) is 2.05. The summed E-state index contributed by atoms with van der Waals surface area (Å²) in [5, 5.41) is 12.9. The van der Waals surface area contributed by atoms with Crippen LogP contribution >= 0.6 is 0 Å². The Morgan fingerprint density at radius 3 is 3.00 bits per heavy atom. The van der Waals surface area contributed by atoms with Gasteiger partial charge in [-0.25, -0.2) is 0 Å². The van der Waals surface area contributed by atoms with E-state index in [-0.39, 0.29) is 6.61 Å². The van der Waals surface area contributed by atoms with Crippen LogP contribution in [0, 0.1) is 11.8 Å². The van der Waals surface area contributed by atoms with Gasteiger partial charge in [0.15, 0.2) is 0 Å². The van der Waals surface area contributed by atoms with Crippen LogP contribution in [0.1, 0.15) is 31.0 Å². The molecule has 1 aromatic heterocycles. The normalized spacial score (nSPS) is 9.64. The Labute approximate surface area is 84.8 Å². The number of aliphatic hydroxyl groups excluding tert-OH is 1. The second-order valence-electron chi connectivity index (χ2n) is 3.15. The molecule has 0 aliphatic carbocycles. The third kappa shape index (κ3) is 2.90. The minimum atomic E-state index is 0.211. The third-order valence-corrected chi connectivity index (χ3v) is 1.92. The van der Waals surface area contributed by atoms with Gasteiger partial charge in [0, 0.05) is 26.3 Å². The van der Waals surface area contributed by atoms with Crippen LogP contribution in [0.25, 0.3) is 0 Å². The number of aryl methyl sites for hydroxylation is 2.